The average molecular weight is 263 g/mol. The predicted octanol–water partition coefficient (Wildman–Crippen LogP) is 0.464. The maximum Gasteiger partial charge on any atom is 0.308 e. The molecule has 0 spiro atoms. The smallest absolute Gasteiger partial charge is 0.308 e. The fraction of sp³-hybridized carbons (Fsp3) is 0.909. The van der Waals surface area contributed by atoms with Crippen molar-refractivity contribution in [3.63, 3.8) is 0 Å². The van der Waals surface area contributed by atoms with E-state index in [1.165, 1.54) is 0 Å². The van der Waals surface area contributed by atoms with E-state index in [4.69, 9.17) is 5.11 Å². The Morgan fingerprint density at radius 3 is 2.47 bits per heavy atom. The Kier molecular flexibility index (Phi) is 4.94. The summed E-state index contributed by atoms with van der Waals surface area (Å²) in [5.41, 5.74) is 0. The van der Waals surface area contributed by atoms with Crippen LogP contribution in [0.15, 0.2) is 0 Å². The number of rotatable bonds is 6. The highest BCUT2D eigenvalue weighted by molar-refractivity contribution is 7.91. The highest BCUT2D eigenvalue weighted by Crippen LogP contribution is 2.22. The normalized spacial score (nSPS) is 26.2. The fourth-order valence-electron chi connectivity index (χ4n) is 2.25. The number of sulfone groups is 1. The summed E-state index contributed by atoms with van der Waals surface area (Å²) in [6.45, 7) is 5.35. The summed E-state index contributed by atoms with van der Waals surface area (Å²) < 4.78 is 23.1. The second kappa shape index (κ2) is 5.82. The number of likely N-dealkylation sites (tertiary alicyclic amines) is 1. The Bertz CT molecular complexity index is 366. The quantitative estimate of drug-likeness (QED) is 0.753. The van der Waals surface area contributed by atoms with E-state index in [0.717, 1.165) is 0 Å². The van der Waals surface area contributed by atoms with Crippen molar-refractivity contribution in [2.45, 2.75) is 20.3 Å². The molecule has 0 aromatic heterocycles. The molecule has 0 radical (unpaired) electrons. The van der Waals surface area contributed by atoms with E-state index in [9.17, 15) is 13.2 Å². The maximum atomic E-state index is 11.5. The van der Waals surface area contributed by atoms with Crippen LogP contribution < -0.4 is 0 Å². The van der Waals surface area contributed by atoms with Crippen molar-refractivity contribution in [1.82, 2.24) is 4.90 Å². The first-order valence-corrected chi connectivity index (χ1v) is 7.83. The lowest BCUT2D eigenvalue weighted by Crippen LogP contribution is -2.29. The third-order valence-electron chi connectivity index (χ3n) is 3.24. The molecule has 5 nitrogen and oxygen atoms in total. The van der Waals surface area contributed by atoms with Crippen molar-refractivity contribution < 1.29 is 18.3 Å². The first-order chi connectivity index (χ1) is 7.85. The zero-order valence-electron chi connectivity index (χ0n) is 10.4. The van der Waals surface area contributed by atoms with Gasteiger partial charge in [-0.05, 0) is 12.3 Å². The van der Waals surface area contributed by atoms with Crippen LogP contribution in [0.25, 0.3) is 0 Å². The zero-order chi connectivity index (χ0) is 13.1. The lowest BCUT2D eigenvalue weighted by atomic mass is 9.99. The number of aliphatic carboxylic acids is 1. The molecule has 1 rings (SSSR count). The molecule has 6 heteroatoms. The van der Waals surface area contributed by atoms with E-state index >= 15 is 0 Å². The summed E-state index contributed by atoms with van der Waals surface area (Å²) in [6.07, 6.45) is 0.635. The Hall–Kier alpha value is -0.620. The van der Waals surface area contributed by atoms with Crippen molar-refractivity contribution in [3.8, 4) is 0 Å². The molecule has 1 aliphatic heterocycles. The van der Waals surface area contributed by atoms with Gasteiger partial charge in [0, 0.05) is 25.4 Å². The molecule has 1 fully saturated rings. The van der Waals surface area contributed by atoms with Crippen LogP contribution in [0.4, 0.5) is 0 Å². The summed E-state index contributed by atoms with van der Waals surface area (Å²) in [6, 6.07) is 0. The topological polar surface area (TPSA) is 74.7 Å². The molecule has 17 heavy (non-hydrogen) atoms. The second-order valence-corrected chi connectivity index (χ2v) is 7.14. The first kappa shape index (κ1) is 14.4. The molecular weight excluding hydrogens is 242 g/mol. The van der Waals surface area contributed by atoms with Crippen LogP contribution in [0, 0.1) is 11.8 Å². The molecule has 0 aromatic carbocycles. The lowest BCUT2D eigenvalue weighted by molar-refractivity contribution is -0.142. The van der Waals surface area contributed by atoms with Gasteiger partial charge in [0.15, 0.2) is 9.84 Å². The molecule has 1 aliphatic rings. The minimum Gasteiger partial charge on any atom is -0.481 e. The van der Waals surface area contributed by atoms with Crippen LogP contribution in [0.1, 0.15) is 20.3 Å². The molecule has 2 atom stereocenters. The van der Waals surface area contributed by atoms with Crippen molar-refractivity contribution >= 4 is 15.8 Å². The molecular formula is C11H21NO4S. The van der Waals surface area contributed by atoms with Crippen LogP contribution in [-0.2, 0) is 14.6 Å². The van der Waals surface area contributed by atoms with E-state index in [1.807, 2.05) is 18.7 Å². The molecule has 0 bridgehead atoms. The lowest BCUT2D eigenvalue weighted by Gasteiger charge is -2.14. The number of hydrogen-bond donors (Lipinski definition) is 1. The molecule has 0 saturated carbocycles. The van der Waals surface area contributed by atoms with E-state index < -0.39 is 15.8 Å². The fourth-order valence-corrected chi connectivity index (χ4v) is 3.61. The van der Waals surface area contributed by atoms with Crippen molar-refractivity contribution in [3.05, 3.63) is 0 Å². The third-order valence-corrected chi connectivity index (χ3v) is 5.07. The SMILES string of the molecule is CCCS(=O)(=O)CCN1CC(C)C(C(=O)O)C1. The second-order valence-electron chi connectivity index (χ2n) is 4.83. The standard InChI is InChI=1S/C11H21NO4S/c1-3-5-17(15,16)6-4-12-7-9(2)10(8-12)11(13)14/h9-10H,3-8H2,1-2H3,(H,13,14). The summed E-state index contributed by atoms with van der Waals surface area (Å²) in [7, 11) is -2.96. The molecule has 2 unspecified atom stereocenters. The Balaban J connectivity index is 2.43. The Morgan fingerprint density at radius 1 is 1.35 bits per heavy atom. The van der Waals surface area contributed by atoms with E-state index in [2.05, 4.69) is 0 Å². The largest absolute Gasteiger partial charge is 0.481 e. The van der Waals surface area contributed by atoms with Gasteiger partial charge >= 0.3 is 5.97 Å². The summed E-state index contributed by atoms with van der Waals surface area (Å²) in [5.74, 6) is -0.680. The molecule has 1 saturated heterocycles. The number of carbonyl (C=O) groups is 1. The van der Waals surface area contributed by atoms with E-state index in [0.29, 0.717) is 26.1 Å². The van der Waals surface area contributed by atoms with Crippen LogP contribution >= 0.6 is 0 Å². The van der Waals surface area contributed by atoms with E-state index in [1.54, 1.807) is 0 Å². The Morgan fingerprint density at radius 2 is 2.00 bits per heavy atom. The van der Waals surface area contributed by atoms with Gasteiger partial charge in [-0.25, -0.2) is 8.42 Å². The van der Waals surface area contributed by atoms with Crippen molar-refractivity contribution in [2.75, 3.05) is 31.1 Å². The summed E-state index contributed by atoms with van der Waals surface area (Å²) >= 11 is 0. The highest BCUT2D eigenvalue weighted by Gasteiger charge is 2.34. The van der Waals surface area contributed by atoms with Gasteiger partial charge in [0.05, 0.1) is 11.7 Å². The molecule has 100 valence electrons. The molecule has 1 N–H and O–H groups in total. The monoisotopic (exact) mass is 263 g/mol. The molecule has 1 heterocycles. The number of carboxylic acids is 1. The maximum absolute atomic E-state index is 11.5. The van der Waals surface area contributed by atoms with Crippen LogP contribution in [0.5, 0.6) is 0 Å². The number of hydrogen-bond acceptors (Lipinski definition) is 4. The van der Waals surface area contributed by atoms with Gasteiger partial charge in [-0.2, -0.15) is 0 Å². The zero-order valence-corrected chi connectivity index (χ0v) is 11.2. The highest BCUT2D eigenvalue weighted by atomic mass is 32.2. The van der Waals surface area contributed by atoms with E-state index in [-0.39, 0.29) is 23.3 Å². The van der Waals surface area contributed by atoms with Gasteiger partial charge in [0.25, 0.3) is 0 Å². The van der Waals surface area contributed by atoms with Crippen LogP contribution in [0.3, 0.4) is 0 Å². The van der Waals surface area contributed by atoms with Gasteiger partial charge < -0.3 is 10.0 Å². The summed E-state index contributed by atoms with van der Waals surface area (Å²) in [4.78, 5) is 12.9. The van der Waals surface area contributed by atoms with Crippen molar-refractivity contribution in [2.24, 2.45) is 11.8 Å². The van der Waals surface area contributed by atoms with Gasteiger partial charge in [0.1, 0.15) is 0 Å². The van der Waals surface area contributed by atoms with Gasteiger partial charge in [-0.3, -0.25) is 4.79 Å². The van der Waals surface area contributed by atoms with Crippen LogP contribution in [-0.4, -0.2) is 55.5 Å². The van der Waals surface area contributed by atoms with Crippen molar-refractivity contribution in [1.29, 1.82) is 0 Å². The van der Waals surface area contributed by atoms with Gasteiger partial charge in [-0.15, -0.1) is 0 Å². The molecule has 0 aromatic rings. The van der Waals surface area contributed by atoms with Crippen LogP contribution in [0.2, 0.25) is 0 Å². The number of nitrogens with zero attached hydrogens (tertiary/aromatic N) is 1. The minimum absolute atomic E-state index is 0.0985. The van der Waals surface area contributed by atoms with Gasteiger partial charge in [0.2, 0.25) is 0 Å². The minimum atomic E-state index is -2.96. The average Bonchev–Trinajstić information content (AvgIpc) is 2.57. The molecule has 0 amide bonds. The third kappa shape index (κ3) is 4.27. The number of carboxylic acid groups (broad SMARTS) is 1. The van der Waals surface area contributed by atoms with Gasteiger partial charge in [-0.1, -0.05) is 13.8 Å². The summed E-state index contributed by atoms with van der Waals surface area (Å²) in [5, 5.41) is 8.97. The Labute approximate surface area is 103 Å². The predicted molar refractivity (Wildman–Crippen MR) is 65.7 cm³/mol. The first-order valence-electron chi connectivity index (χ1n) is 6.01. The molecule has 0 aliphatic carbocycles.